The number of hydrogen-bond donors (Lipinski definition) is 2. The van der Waals surface area contributed by atoms with Crippen LogP contribution in [-0.2, 0) is 4.79 Å². The van der Waals surface area contributed by atoms with E-state index < -0.39 is 11.7 Å². The summed E-state index contributed by atoms with van der Waals surface area (Å²) in [6.45, 7) is 0. The Morgan fingerprint density at radius 1 is 1.57 bits per heavy atom. The Kier molecular flexibility index (Phi) is 3.08. The van der Waals surface area contributed by atoms with Gasteiger partial charge in [0.15, 0.2) is 0 Å². The Hall–Kier alpha value is -2.02. The second-order valence-corrected chi connectivity index (χ2v) is 2.61. The normalized spacial score (nSPS) is 8.93. The van der Waals surface area contributed by atoms with E-state index >= 15 is 0 Å². The molecule has 0 saturated carbocycles. The summed E-state index contributed by atoms with van der Waals surface area (Å²) < 4.78 is 13.0. The summed E-state index contributed by atoms with van der Waals surface area (Å²) >= 11 is 0. The monoisotopic (exact) mass is 193 g/mol. The zero-order valence-corrected chi connectivity index (χ0v) is 7.25. The van der Waals surface area contributed by atoms with Crippen LogP contribution in [0.2, 0.25) is 0 Å². The largest absolute Gasteiger partial charge is 0.508 e. The summed E-state index contributed by atoms with van der Waals surface area (Å²) in [5.41, 5.74) is 4.89. The lowest BCUT2D eigenvalue weighted by molar-refractivity contribution is -0.117. The van der Waals surface area contributed by atoms with Crippen molar-refractivity contribution in [2.75, 3.05) is 0 Å². The molecule has 0 atom stereocenters. The lowest BCUT2D eigenvalue weighted by Crippen LogP contribution is -2.08. The lowest BCUT2D eigenvalue weighted by Gasteiger charge is -1.94. The number of phenolic OH excluding ortho intramolecular Hbond substituents is 1. The van der Waals surface area contributed by atoms with E-state index in [1.165, 1.54) is 12.1 Å². The SMILES string of the molecule is NC(=O)CC#Cc1cc(O)ccc1F. The van der Waals surface area contributed by atoms with Crippen LogP contribution in [0.3, 0.4) is 0 Å². The smallest absolute Gasteiger partial charge is 0.229 e. The van der Waals surface area contributed by atoms with E-state index in [4.69, 9.17) is 10.8 Å². The molecule has 0 aliphatic carbocycles. The maximum atomic E-state index is 13.0. The van der Waals surface area contributed by atoms with E-state index in [-0.39, 0.29) is 17.7 Å². The van der Waals surface area contributed by atoms with E-state index in [2.05, 4.69) is 11.8 Å². The molecule has 0 saturated heterocycles. The van der Waals surface area contributed by atoms with Crippen LogP contribution in [-0.4, -0.2) is 11.0 Å². The van der Waals surface area contributed by atoms with E-state index in [1.54, 1.807) is 0 Å². The lowest BCUT2D eigenvalue weighted by atomic mass is 10.2. The molecule has 14 heavy (non-hydrogen) atoms. The summed E-state index contributed by atoms with van der Waals surface area (Å²) in [5.74, 6) is 3.61. The van der Waals surface area contributed by atoms with Crippen molar-refractivity contribution in [2.24, 2.45) is 5.73 Å². The van der Waals surface area contributed by atoms with Crippen LogP contribution in [0.1, 0.15) is 12.0 Å². The van der Waals surface area contributed by atoms with Crippen molar-refractivity contribution in [1.82, 2.24) is 0 Å². The van der Waals surface area contributed by atoms with Crippen molar-refractivity contribution in [3.63, 3.8) is 0 Å². The third-order valence-corrected chi connectivity index (χ3v) is 1.44. The fraction of sp³-hybridized carbons (Fsp3) is 0.100. The zero-order valence-electron chi connectivity index (χ0n) is 7.25. The van der Waals surface area contributed by atoms with Gasteiger partial charge in [0.1, 0.15) is 11.6 Å². The van der Waals surface area contributed by atoms with Gasteiger partial charge in [0.05, 0.1) is 12.0 Å². The second-order valence-electron chi connectivity index (χ2n) is 2.61. The van der Waals surface area contributed by atoms with Gasteiger partial charge in [0, 0.05) is 0 Å². The van der Waals surface area contributed by atoms with Gasteiger partial charge in [0.2, 0.25) is 5.91 Å². The Balaban J connectivity index is 2.88. The highest BCUT2D eigenvalue weighted by Gasteiger charge is 1.99. The Labute approximate surface area is 80.4 Å². The summed E-state index contributed by atoms with van der Waals surface area (Å²) in [5, 5.41) is 9.02. The molecule has 0 spiro atoms. The Bertz CT molecular complexity index is 418. The van der Waals surface area contributed by atoms with E-state index in [1.807, 2.05) is 0 Å². The van der Waals surface area contributed by atoms with Gasteiger partial charge in [-0.25, -0.2) is 4.39 Å². The topological polar surface area (TPSA) is 63.3 Å². The number of hydrogen-bond acceptors (Lipinski definition) is 2. The molecule has 0 bridgehead atoms. The third kappa shape index (κ3) is 2.79. The van der Waals surface area contributed by atoms with Crippen LogP contribution in [0.25, 0.3) is 0 Å². The van der Waals surface area contributed by atoms with Crippen LogP contribution in [0.15, 0.2) is 18.2 Å². The number of amides is 1. The molecule has 1 rings (SSSR count). The fourth-order valence-corrected chi connectivity index (χ4v) is 0.836. The molecule has 0 fully saturated rings. The minimum Gasteiger partial charge on any atom is -0.508 e. The number of carbonyl (C=O) groups is 1. The molecule has 1 aromatic rings. The predicted octanol–water partition coefficient (Wildman–Crippen LogP) is 0.758. The summed E-state index contributed by atoms with van der Waals surface area (Å²) in [6, 6.07) is 3.50. The van der Waals surface area contributed by atoms with Gasteiger partial charge < -0.3 is 10.8 Å². The average molecular weight is 193 g/mol. The zero-order chi connectivity index (χ0) is 10.6. The summed E-state index contributed by atoms with van der Waals surface area (Å²) in [7, 11) is 0. The van der Waals surface area contributed by atoms with Crippen LogP contribution in [0.5, 0.6) is 5.75 Å². The number of halogens is 1. The predicted molar refractivity (Wildman–Crippen MR) is 48.8 cm³/mol. The van der Waals surface area contributed by atoms with Crippen molar-refractivity contribution >= 4 is 5.91 Å². The minimum atomic E-state index is -0.571. The van der Waals surface area contributed by atoms with Gasteiger partial charge in [-0.1, -0.05) is 11.8 Å². The standard InChI is InChI=1S/C10H8FNO2/c11-9-5-4-8(13)6-7(9)2-1-3-10(12)14/h4-6,13H,3H2,(H2,12,14). The maximum absolute atomic E-state index is 13.0. The number of nitrogens with two attached hydrogens (primary N) is 1. The first kappa shape index (κ1) is 10.1. The molecular formula is C10H8FNO2. The molecule has 0 aliphatic rings. The number of primary amides is 1. The molecule has 1 aromatic carbocycles. The first-order valence-corrected chi connectivity index (χ1v) is 3.85. The van der Waals surface area contributed by atoms with Gasteiger partial charge in [-0.15, -0.1) is 0 Å². The quantitative estimate of drug-likeness (QED) is 0.646. The van der Waals surface area contributed by atoms with Crippen LogP contribution >= 0.6 is 0 Å². The molecule has 0 radical (unpaired) electrons. The van der Waals surface area contributed by atoms with Crippen molar-refractivity contribution < 1.29 is 14.3 Å². The van der Waals surface area contributed by atoms with Crippen molar-refractivity contribution in [2.45, 2.75) is 6.42 Å². The highest BCUT2D eigenvalue weighted by molar-refractivity contribution is 5.76. The molecule has 0 aromatic heterocycles. The maximum Gasteiger partial charge on any atom is 0.229 e. The van der Waals surface area contributed by atoms with Gasteiger partial charge in [-0.3, -0.25) is 4.79 Å². The van der Waals surface area contributed by atoms with Crippen LogP contribution < -0.4 is 5.73 Å². The van der Waals surface area contributed by atoms with Crippen molar-refractivity contribution in [1.29, 1.82) is 0 Å². The minimum absolute atomic E-state index is 0.0475. The van der Waals surface area contributed by atoms with Crippen LogP contribution in [0, 0.1) is 17.7 Å². The Morgan fingerprint density at radius 3 is 2.93 bits per heavy atom. The summed E-state index contributed by atoms with van der Waals surface area (Å²) in [6.07, 6.45) is -0.130. The molecule has 3 N–H and O–H groups in total. The third-order valence-electron chi connectivity index (χ3n) is 1.44. The molecule has 3 nitrogen and oxygen atoms in total. The van der Waals surface area contributed by atoms with Gasteiger partial charge in [0.25, 0.3) is 0 Å². The molecule has 1 amide bonds. The number of carbonyl (C=O) groups excluding carboxylic acids is 1. The van der Waals surface area contributed by atoms with Gasteiger partial charge >= 0.3 is 0 Å². The van der Waals surface area contributed by atoms with Crippen LogP contribution in [0.4, 0.5) is 4.39 Å². The van der Waals surface area contributed by atoms with E-state index in [0.29, 0.717) is 0 Å². The average Bonchev–Trinajstić information content (AvgIpc) is 2.10. The first-order chi connectivity index (χ1) is 6.59. The second kappa shape index (κ2) is 4.28. The Morgan fingerprint density at radius 2 is 2.29 bits per heavy atom. The number of aromatic hydroxyl groups is 1. The highest BCUT2D eigenvalue weighted by atomic mass is 19.1. The van der Waals surface area contributed by atoms with E-state index in [0.717, 1.165) is 6.07 Å². The number of rotatable bonds is 1. The molecule has 0 unspecified atom stereocenters. The fourth-order valence-electron chi connectivity index (χ4n) is 0.836. The number of phenols is 1. The summed E-state index contributed by atoms with van der Waals surface area (Å²) in [4.78, 5) is 10.3. The molecular weight excluding hydrogens is 185 g/mol. The molecule has 4 heteroatoms. The molecule has 0 heterocycles. The van der Waals surface area contributed by atoms with Gasteiger partial charge in [-0.05, 0) is 18.2 Å². The number of benzene rings is 1. The highest BCUT2D eigenvalue weighted by Crippen LogP contribution is 2.13. The van der Waals surface area contributed by atoms with Crippen molar-refractivity contribution in [3.05, 3.63) is 29.6 Å². The van der Waals surface area contributed by atoms with E-state index in [9.17, 15) is 9.18 Å². The first-order valence-electron chi connectivity index (χ1n) is 3.85. The molecule has 72 valence electrons. The van der Waals surface area contributed by atoms with Crippen molar-refractivity contribution in [3.8, 4) is 17.6 Å². The molecule has 0 aliphatic heterocycles. The van der Waals surface area contributed by atoms with Gasteiger partial charge in [-0.2, -0.15) is 0 Å².